The first-order chi connectivity index (χ1) is 39.3. The average molecular weight is 1230 g/mol. The number of alkyl carbamates (subject to hydrolysis) is 3. The number of benzene rings is 4. The van der Waals surface area contributed by atoms with Gasteiger partial charge in [0.05, 0.1) is 26.4 Å². The number of hydrogen-bond acceptors (Lipinski definition) is 14. The molecule has 21 nitrogen and oxygen atoms in total. The van der Waals surface area contributed by atoms with E-state index in [2.05, 4.69) is 35.9 Å². The van der Waals surface area contributed by atoms with E-state index in [4.69, 9.17) is 56.1 Å². The normalized spacial score (nSPS) is 11.1. The lowest BCUT2D eigenvalue weighted by Gasteiger charge is -2.22. The predicted octanol–water partition coefficient (Wildman–Crippen LogP) is 10.5. The van der Waals surface area contributed by atoms with E-state index in [9.17, 15) is 14.4 Å². The van der Waals surface area contributed by atoms with E-state index in [1.807, 2.05) is 118 Å². The Balaban J connectivity index is 0.000000934. The molecule has 0 aliphatic carbocycles. The summed E-state index contributed by atoms with van der Waals surface area (Å²) in [5, 5.41) is 7.62. The summed E-state index contributed by atoms with van der Waals surface area (Å²) in [5.74, 6) is 4.08. The maximum absolute atomic E-state index is 12.3. The Morgan fingerprint density at radius 3 is 0.882 bits per heavy atom. The van der Waals surface area contributed by atoms with Crippen molar-refractivity contribution in [3.8, 4) is 23.0 Å². The van der Waals surface area contributed by atoms with Crippen LogP contribution in [0.25, 0.3) is 0 Å². The highest BCUT2D eigenvalue weighted by molar-refractivity contribution is 6.01. The largest absolute Gasteiger partial charge is 0.494 e. The van der Waals surface area contributed by atoms with Crippen molar-refractivity contribution in [1.29, 1.82) is 0 Å². The third-order valence-corrected chi connectivity index (χ3v) is 11.1. The summed E-state index contributed by atoms with van der Waals surface area (Å²) in [6, 6.07) is 31.8. The van der Waals surface area contributed by atoms with Crippen molar-refractivity contribution in [2.45, 2.75) is 150 Å². The van der Waals surface area contributed by atoms with Crippen LogP contribution in [0.3, 0.4) is 0 Å². The first kappa shape index (κ1) is 75.4. The number of hydrogen-bond donors (Lipinski definition) is 7. The molecular weight excluding hydrogens is 1130 g/mol. The van der Waals surface area contributed by atoms with Gasteiger partial charge in [-0.05, 0) is 204 Å². The number of guanidine groups is 3. The fraction of sp³-hybridized carbons (Fsp3) is 0.500. The van der Waals surface area contributed by atoms with E-state index < -0.39 is 35.1 Å². The molecule has 0 atom stereocenters. The van der Waals surface area contributed by atoms with Gasteiger partial charge in [-0.2, -0.15) is 0 Å². The predicted molar refractivity (Wildman–Crippen MR) is 345 cm³/mol. The number of carbonyl (C=O) groups is 3. The molecule has 4 aromatic rings. The van der Waals surface area contributed by atoms with Crippen molar-refractivity contribution in [2.75, 3.05) is 52.6 Å². The van der Waals surface area contributed by atoms with Gasteiger partial charge in [0.15, 0.2) is 11.9 Å². The molecule has 0 aromatic heterocycles. The molecule has 0 spiro atoms. The number of aliphatic imine (C=N–C) groups is 4. The summed E-state index contributed by atoms with van der Waals surface area (Å²) in [6.07, 6.45) is 6.76. The quantitative estimate of drug-likeness (QED) is 0.0120. The second kappa shape index (κ2) is 40.6. The van der Waals surface area contributed by atoms with Crippen LogP contribution in [0.15, 0.2) is 117 Å². The zero-order valence-corrected chi connectivity index (χ0v) is 53.1. The lowest BCUT2D eigenvalue weighted by Crippen LogP contribution is -2.47. The zero-order chi connectivity index (χ0) is 61.1. The van der Waals surface area contributed by atoms with E-state index in [1.165, 1.54) is 11.1 Å². The van der Waals surface area contributed by atoms with Crippen molar-refractivity contribution < 1.29 is 47.5 Å². The van der Waals surface area contributed by atoms with Gasteiger partial charge in [0.2, 0.25) is 5.96 Å². The molecular formula is C62H95Cl2N11O10. The first-order valence-electron chi connectivity index (χ1n) is 28.3. The molecule has 0 radical (unpaired) electrons. The SMILES string of the molecule is CC(=NCCc1ccc(OCCCCCOc2ccc(CCN=C(NC(=O)OC(C)(C)C)NC(=O)OC(C)(C)C)cc2)cc1)NC(=O)OC(C)(C)C.Cl.Cl.NC(N)=NCCc1ccc(OCCCCCOc2ccc(CCN=C(N)N)cc2)cc1. The van der Waals surface area contributed by atoms with Crippen LogP contribution in [0.4, 0.5) is 14.4 Å². The van der Waals surface area contributed by atoms with E-state index in [1.54, 1.807) is 48.5 Å². The number of nitrogens with two attached hydrogens (primary N) is 4. The average Bonchev–Trinajstić information content (AvgIpc) is 3.44. The van der Waals surface area contributed by atoms with Crippen molar-refractivity contribution in [2.24, 2.45) is 42.9 Å². The Bertz CT molecular complexity index is 2550. The van der Waals surface area contributed by atoms with Gasteiger partial charge in [-0.15, -0.1) is 24.8 Å². The smallest absolute Gasteiger partial charge is 0.414 e. The molecule has 472 valence electrons. The highest BCUT2D eigenvalue weighted by atomic mass is 35.5. The maximum atomic E-state index is 12.3. The molecule has 85 heavy (non-hydrogen) atoms. The summed E-state index contributed by atoms with van der Waals surface area (Å²) < 4.78 is 39.2. The van der Waals surface area contributed by atoms with E-state index in [0.717, 1.165) is 91.9 Å². The molecule has 0 heterocycles. The summed E-state index contributed by atoms with van der Waals surface area (Å²) in [6.45, 7) is 22.3. The zero-order valence-electron chi connectivity index (χ0n) is 51.5. The minimum absolute atomic E-state index is 0. The van der Waals surface area contributed by atoms with E-state index >= 15 is 0 Å². The monoisotopic (exact) mass is 1220 g/mol. The van der Waals surface area contributed by atoms with Crippen LogP contribution >= 0.6 is 24.8 Å². The van der Waals surface area contributed by atoms with Gasteiger partial charge in [0, 0.05) is 26.2 Å². The summed E-state index contributed by atoms with van der Waals surface area (Å²) in [7, 11) is 0. The van der Waals surface area contributed by atoms with Crippen LogP contribution < -0.4 is 57.8 Å². The maximum Gasteiger partial charge on any atom is 0.414 e. The minimum Gasteiger partial charge on any atom is -0.494 e. The van der Waals surface area contributed by atoms with Crippen molar-refractivity contribution in [3.05, 3.63) is 119 Å². The number of unbranched alkanes of at least 4 members (excludes halogenated alkanes) is 4. The van der Waals surface area contributed by atoms with Gasteiger partial charge in [-0.1, -0.05) is 48.5 Å². The molecule has 0 aliphatic rings. The fourth-order valence-electron chi connectivity index (χ4n) is 7.21. The van der Waals surface area contributed by atoms with Crippen LogP contribution in [0.5, 0.6) is 23.0 Å². The number of nitrogens with one attached hydrogen (secondary N) is 3. The second-order valence-electron chi connectivity index (χ2n) is 22.3. The van der Waals surface area contributed by atoms with Gasteiger partial charge < -0.3 is 56.1 Å². The van der Waals surface area contributed by atoms with Crippen LogP contribution in [0, 0.1) is 0 Å². The van der Waals surface area contributed by atoms with Crippen molar-refractivity contribution in [1.82, 2.24) is 16.0 Å². The Kier molecular flexibility index (Phi) is 36.0. The summed E-state index contributed by atoms with van der Waals surface area (Å²) in [5.41, 5.74) is 23.8. The molecule has 4 rings (SSSR count). The first-order valence-corrected chi connectivity index (χ1v) is 28.3. The van der Waals surface area contributed by atoms with Crippen molar-refractivity contribution in [3.63, 3.8) is 0 Å². The number of amidine groups is 1. The highest BCUT2D eigenvalue weighted by Gasteiger charge is 2.21. The Hall–Kier alpha value is -7.65. The second-order valence-corrected chi connectivity index (χ2v) is 22.3. The lowest BCUT2D eigenvalue weighted by molar-refractivity contribution is 0.0534. The van der Waals surface area contributed by atoms with Gasteiger partial charge in [0.1, 0.15) is 45.6 Å². The molecule has 23 heteroatoms. The standard InChI is InChI=1S/C39H59N5O8.C23H34N6O2.2ClH/c1-28(42-34(45)50-37(2,3)4)40-24-22-29-14-18-31(19-15-29)48-26-12-11-13-27-49-32-20-16-30(17-21-32)23-25-41-33(43-35(46)51-38(5,6)7)44-36(47)52-39(8,9)10;24-22(25)28-14-12-18-4-8-20(9-5-18)30-16-2-1-3-17-31-21-10-6-19(7-11-21)13-15-29-23(26)27;;/h14-21H,11-13,22-27H2,1-10H3,(H,40,42,45)(H2,41,43,44,46,47);4-11H,1-3,12-17H2,(H4,24,25,28)(H4,26,27,29);2*1H. The molecule has 3 amide bonds. The van der Waals surface area contributed by atoms with E-state index in [-0.39, 0.29) is 42.7 Å². The van der Waals surface area contributed by atoms with Gasteiger partial charge >= 0.3 is 18.3 Å². The van der Waals surface area contributed by atoms with Gasteiger partial charge in [-0.3, -0.25) is 35.9 Å². The number of halogens is 2. The van der Waals surface area contributed by atoms with E-state index in [0.29, 0.717) is 64.9 Å². The molecule has 11 N–H and O–H groups in total. The van der Waals surface area contributed by atoms with Crippen LogP contribution in [-0.2, 0) is 39.9 Å². The molecule has 0 saturated heterocycles. The van der Waals surface area contributed by atoms with Crippen molar-refractivity contribution >= 4 is 66.8 Å². The number of carbonyl (C=O) groups excluding carboxylic acids is 3. The lowest BCUT2D eigenvalue weighted by atomic mass is 10.1. The molecule has 0 bridgehead atoms. The third kappa shape index (κ3) is 39.5. The molecule has 0 fully saturated rings. The number of amides is 3. The van der Waals surface area contributed by atoms with Crippen LogP contribution in [0.2, 0.25) is 0 Å². The molecule has 0 saturated carbocycles. The minimum atomic E-state index is -0.732. The topological polar surface area (TPSA) is 305 Å². The summed E-state index contributed by atoms with van der Waals surface area (Å²) >= 11 is 0. The Labute approximate surface area is 516 Å². The Morgan fingerprint density at radius 2 is 0.624 bits per heavy atom. The fourth-order valence-corrected chi connectivity index (χ4v) is 7.21. The van der Waals surface area contributed by atoms with Crippen LogP contribution in [-0.4, -0.2) is 111 Å². The molecule has 0 unspecified atom stereocenters. The Morgan fingerprint density at radius 1 is 0.376 bits per heavy atom. The number of rotatable bonds is 28. The molecule has 4 aromatic carbocycles. The number of ether oxygens (including phenoxy) is 7. The van der Waals surface area contributed by atoms with Crippen LogP contribution in [0.1, 0.15) is 130 Å². The van der Waals surface area contributed by atoms with Gasteiger partial charge in [-0.25, -0.2) is 14.4 Å². The molecule has 0 aliphatic heterocycles. The highest BCUT2D eigenvalue weighted by Crippen LogP contribution is 2.18. The van der Waals surface area contributed by atoms with Gasteiger partial charge in [0.25, 0.3) is 0 Å². The third-order valence-electron chi connectivity index (χ3n) is 11.1. The number of nitrogens with zero attached hydrogens (tertiary/aromatic N) is 4. The summed E-state index contributed by atoms with van der Waals surface area (Å²) in [4.78, 5) is 53.1.